The third-order valence-corrected chi connectivity index (χ3v) is 2.91. The van der Waals surface area contributed by atoms with E-state index in [0.29, 0.717) is 6.54 Å². The number of benzene rings is 1. The van der Waals surface area contributed by atoms with Crippen molar-refractivity contribution in [2.45, 2.75) is 13.0 Å². The van der Waals surface area contributed by atoms with Gasteiger partial charge in [-0.2, -0.15) is 0 Å². The van der Waals surface area contributed by atoms with E-state index in [1.54, 1.807) is 19.2 Å². The van der Waals surface area contributed by atoms with Gasteiger partial charge in [0.15, 0.2) is 0 Å². The van der Waals surface area contributed by atoms with Gasteiger partial charge in [0, 0.05) is 38.9 Å². The first kappa shape index (κ1) is 16.0. The van der Waals surface area contributed by atoms with Crippen LogP contribution in [0.1, 0.15) is 17.6 Å². The predicted octanol–water partition coefficient (Wildman–Crippen LogP) is 2.29. The highest BCUT2D eigenvalue weighted by Gasteiger charge is 2.05. The number of halogens is 2. The minimum absolute atomic E-state index is 0.0723. The molecule has 0 aliphatic carbocycles. The van der Waals surface area contributed by atoms with Crippen molar-refractivity contribution in [3.8, 4) is 0 Å². The highest BCUT2D eigenvalue weighted by molar-refractivity contribution is 5.23. The molecular weight excluding hydrogens is 250 g/mol. The molecule has 1 aromatic carbocycles. The normalized spacial score (nSPS) is 11.5. The van der Waals surface area contributed by atoms with Crippen LogP contribution in [-0.4, -0.2) is 45.3 Å². The molecule has 0 fully saturated rings. The van der Waals surface area contributed by atoms with Crippen molar-refractivity contribution in [2.75, 3.05) is 40.4 Å². The molecule has 1 aromatic rings. The molecule has 0 aliphatic heterocycles. The first-order valence-corrected chi connectivity index (χ1v) is 6.38. The Hall–Kier alpha value is -1.04. The van der Waals surface area contributed by atoms with E-state index in [-0.39, 0.29) is 5.56 Å². The van der Waals surface area contributed by atoms with Gasteiger partial charge >= 0.3 is 0 Å². The lowest BCUT2D eigenvalue weighted by atomic mass is 10.1. The zero-order valence-electron chi connectivity index (χ0n) is 11.5. The quantitative estimate of drug-likeness (QED) is 0.698. The van der Waals surface area contributed by atoms with Crippen molar-refractivity contribution in [1.82, 2.24) is 10.2 Å². The number of ether oxygens (including phenoxy) is 1. The lowest BCUT2D eigenvalue weighted by Crippen LogP contribution is -2.31. The van der Waals surface area contributed by atoms with Gasteiger partial charge in [0.1, 0.15) is 0 Å². The second-order valence-corrected chi connectivity index (χ2v) is 4.52. The fourth-order valence-corrected chi connectivity index (χ4v) is 1.64. The molecule has 1 N–H and O–H groups in total. The van der Waals surface area contributed by atoms with Crippen LogP contribution >= 0.6 is 0 Å². The average Bonchev–Trinajstić information content (AvgIpc) is 2.41. The molecule has 1 rings (SSSR count). The van der Waals surface area contributed by atoms with Crippen molar-refractivity contribution in [2.24, 2.45) is 0 Å². The smallest absolute Gasteiger partial charge is 0.263 e. The van der Waals surface area contributed by atoms with Crippen molar-refractivity contribution < 1.29 is 13.5 Å². The molecule has 0 amide bonds. The maximum absolute atomic E-state index is 12.4. The zero-order valence-corrected chi connectivity index (χ0v) is 11.5. The molecular formula is C14H22F2N2O. The van der Waals surface area contributed by atoms with E-state index in [0.717, 1.165) is 31.8 Å². The van der Waals surface area contributed by atoms with Crippen LogP contribution in [0.2, 0.25) is 0 Å². The molecule has 0 spiro atoms. The van der Waals surface area contributed by atoms with E-state index in [1.165, 1.54) is 12.1 Å². The molecule has 0 bridgehead atoms. The molecule has 3 nitrogen and oxygen atoms in total. The Bertz CT molecular complexity index is 344. The molecule has 19 heavy (non-hydrogen) atoms. The molecule has 5 heteroatoms. The van der Waals surface area contributed by atoms with Crippen LogP contribution in [0.15, 0.2) is 24.3 Å². The van der Waals surface area contributed by atoms with E-state index in [2.05, 4.69) is 10.2 Å². The Balaban J connectivity index is 2.18. The second-order valence-electron chi connectivity index (χ2n) is 4.52. The van der Waals surface area contributed by atoms with Gasteiger partial charge in [-0.1, -0.05) is 24.3 Å². The summed E-state index contributed by atoms with van der Waals surface area (Å²) in [4.78, 5) is 2.18. The van der Waals surface area contributed by atoms with Crippen molar-refractivity contribution in [3.63, 3.8) is 0 Å². The minimum atomic E-state index is -2.39. The SMILES string of the molecule is COCCN(C)CCNCc1ccc(C(F)F)cc1. The van der Waals surface area contributed by atoms with Crippen LogP contribution in [0.3, 0.4) is 0 Å². The molecule has 0 heterocycles. The van der Waals surface area contributed by atoms with Crippen molar-refractivity contribution >= 4 is 0 Å². The lowest BCUT2D eigenvalue weighted by molar-refractivity contribution is 0.151. The van der Waals surface area contributed by atoms with Gasteiger partial charge in [-0.15, -0.1) is 0 Å². The molecule has 0 saturated carbocycles. The lowest BCUT2D eigenvalue weighted by Gasteiger charge is -2.16. The Kier molecular flexibility index (Phi) is 7.55. The molecule has 0 saturated heterocycles. The summed E-state index contributed by atoms with van der Waals surface area (Å²) in [5, 5.41) is 3.29. The predicted molar refractivity (Wildman–Crippen MR) is 72.5 cm³/mol. The summed E-state index contributed by atoms with van der Waals surface area (Å²) in [5.41, 5.74) is 1.09. The summed E-state index contributed by atoms with van der Waals surface area (Å²) < 4.78 is 29.7. The zero-order chi connectivity index (χ0) is 14.1. The summed E-state index contributed by atoms with van der Waals surface area (Å²) in [6.07, 6.45) is -2.39. The fourth-order valence-electron chi connectivity index (χ4n) is 1.64. The average molecular weight is 272 g/mol. The van der Waals surface area contributed by atoms with Gasteiger partial charge in [-0.05, 0) is 12.6 Å². The number of hydrogen-bond donors (Lipinski definition) is 1. The van der Waals surface area contributed by atoms with Crippen LogP contribution in [-0.2, 0) is 11.3 Å². The maximum Gasteiger partial charge on any atom is 0.263 e. The largest absolute Gasteiger partial charge is 0.383 e. The summed E-state index contributed by atoms with van der Waals surface area (Å²) in [6, 6.07) is 6.44. The van der Waals surface area contributed by atoms with Gasteiger partial charge in [0.2, 0.25) is 0 Å². The summed E-state index contributed by atoms with van der Waals surface area (Å²) >= 11 is 0. The Morgan fingerprint density at radius 1 is 1.21 bits per heavy atom. The summed E-state index contributed by atoms with van der Waals surface area (Å²) in [6.45, 7) is 4.11. The summed E-state index contributed by atoms with van der Waals surface area (Å²) in [5.74, 6) is 0. The van der Waals surface area contributed by atoms with Crippen molar-refractivity contribution in [3.05, 3.63) is 35.4 Å². The van der Waals surface area contributed by atoms with Gasteiger partial charge in [0.05, 0.1) is 6.61 Å². The van der Waals surface area contributed by atoms with Crippen LogP contribution < -0.4 is 5.32 Å². The molecule has 0 atom stereocenters. The first-order valence-electron chi connectivity index (χ1n) is 6.38. The van der Waals surface area contributed by atoms with Crippen LogP contribution in [0, 0.1) is 0 Å². The number of hydrogen-bond acceptors (Lipinski definition) is 3. The van der Waals surface area contributed by atoms with Crippen molar-refractivity contribution in [1.29, 1.82) is 0 Å². The third-order valence-electron chi connectivity index (χ3n) is 2.91. The molecule has 108 valence electrons. The van der Waals surface area contributed by atoms with Crippen LogP contribution in [0.25, 0.3) is 0 Å². The highest BCUT2D eigenvalue weighted by atomic mass is 19.3. The fraction of sp³-hybridized carbons (Fsp3) is 0.571. The van der Waals surface area contributed by atoms with E-state index in [1.807, 2.05) is 7.05 Å². The topological polar surface area (TPSA) is 24.5 Å². The van der Waals surface area contributed by atoms with Gasteiger partial charge in [0.25, 0.3) is 6.43 Å². The number of rotatable bonds is 9. The van der Waals surface area contributed by atoms with Crippen LogP contribution in [0.4, 0.5) is 8.78 Å². The highest BCUT2D eigenvalue weighted by Crippen LogP contribution is 2.18. The Labute approximate surface area is 113 Å². The summed E-state index contributed by atoms with van der Waals surface area (Å²) in [7, 11) is 3.73. The molecule has 0 radical (unpaired) electrons. The third kappa shape index (κ3) is 6.61. The molecule has 0 aromatic heterocycles. The van der Waals surface area contributed by atoms with E-state index in [4.69, 9.17) is 4.74 Å². The number of alkyl halides is 2. The molecule has 0 unspecified atom stereocenters. The standard InChI is InChI=1S/C14H22F2N2O/c1-18(9-10-19-2)8-7-17-11-12-3-5-13(6-4-12)14(15)16/h3-6,14,17H,7-11H2,1-2H3. The maximum atomic E-state index is 12.4. The monoisotopic (exact) mass is 272 g/mol. The number of nitrogens with zero attached hydrogens (tertiary/aromatic N) is 1. The minimum Gasteiger partial charge on any atom is -0.383 e. The van der Waals surface area contributed by atoms with E-state index < -0.39 is 6.43 Å². The van der Waals surface area contributed by atoms with E-state index in [9.17, 15) is 8.78 Å². The second kappa shape index (κ2) is 8.96. The van der Waals surface area contributed by atoms with Crippen LogP contribution in [0.5, 0.6) is 0 Å². The van der Waals surface area contributed by atoms with Gasteiger partial charge in [-0.25, -0.2) is 8.78 Å². The molecule has 0 aliphatic rings. The first-order chi connectivity index (χ1) is 9.13. The Morgan fingerprint density at radius 2 is 1.89 bits per heavy atom. The van der Waals surface area contributed by atoms with Gasteiger partial charge in [-0.3, -0.25) is 0 Å². The van der Waals surface area contributed by atoms with E-state index >= 15 is 0 Å². The number of nitrogens with one attached hydrogen (secondary N) is 1. The van der Waals surface area contributed by atoms with Gasteiger partial charge < -0.3 is 15.0 Å². The number of likely N-dealkylation sites (N-methyl/N-ethyl adjacent to an activating group) is 1. The number of methoxy groups -OCH3 is 1. The Morgan fingerprint density at radius 3 is 2.47 bits per heavy atom.